The molecule has 0 saturated carbocycles. The number of carboxylic acids is 1. The number of β-amino-alcohol motifs (C(OH)–C–C–N with tert-alkyl or cyclic N) is 1. The van der Waals surface area contributed by atoms with Gasteiger partial charge in [-0.15, -0.1) is 0 Å². The van der Waals surface area contributed by atoms with E-state index in [-0.39, 0.29) is 13.0 Å². The number of likely N-dealkylation sites (tertiary alicyclic amines) is 1. The summed E-state index contributed by atoms with van der Waals surface area (Å²) < 4.78 is 5.05. The van der Waals surface area contributed by atoms with E-state index in [1.54, 1.807) is 38.4 Å². The molecule has 1 aliphatic heterocycles. The summed E-state index contributed by atoms with van der Waals surface area (Å²) in [5, 5.41) is 18.7. The Kier molecular flexibility index (Phi) is 4.32. The number of carbonyl (C=O) groups is 2. The van der Waals surface area contributed by atoms with Gasteiger partial charge in [-0.2, -0.15) is 0 Å². The third-order valence-electron chi connectivity index (χ3n) is 3.56. The Morgan fingerprint density at radius 3 is 2.48 bits per heavy atom. The van der Waals surface area contributed by atoms with Crippen molar-refractivity contribution in [3.8, 4) is 5.75 Å². The maximum atomic E-state index is 12.4. The molecule has 2 atom stereocenters. The molecular weight excluding hydrogens is 276 g/mol. The van der Waals surface area contributed by atoms with Gasteiger partial charge in [0, 0.05) is 25.7 Å². The van der Waals surface area contributed by atoms with Crippen LogP contribution < -0.4 is 9.64 Å². The molecule has 1 aliphatic rings. The Morgan fingerprint density at radius 2 is 1.95 bits per heavy atom. The molecule has 7 nitrogen and oxygen atoms in total. The number of ether oxygens (including phenoxy) is 1. The summed E-state index contributed by atoms with van der Waals surface area (Å²) in [7, 11) is 3.11. The zero-order chi connectivity index (χ0) is 15.6. The van der Waals surface area contributed by atoms with E-state index in [2.05, 4.69) is 0 Å². The van der Waals surface area contributed by atoms with Gasteiger partial charge >= 0.3 is 12.0 Å². The molecule has 0 radical (unpaired) electrons. The molecule has 1 saturated heterocycles. The molecule has 0 bridgehead atoms. The number of benzene rings is 1. The molecule has 7 heteroatoms. The number of carboxylic acid groups (broad SMARTS) is 1. The molecule has 2 N–H and O–H groups in total. The summed E-state index contributed by atoms with van der Waals surface area (Å²) in [5.41, 5.74) is 0.617. The summed E-state index contributed by atoms with van der Waals surface area (Å²) in [5.74, 6) is -0.442. The molecule has 114 valence electrons. The van der Waals surface area contributed by atoms with Gasteiger partial charge in [0.15, 0.2) is 0 Å². The minimum Gasteiger partial charge on any atom is -0.497 e. The van der Waals surface area contributed by atoms with Crippen LogP contribution in [0.5, 0.6) is 5.75 Å². The Balaban J connectivity index is 2.15. The van der Waals surface area contributed by atoms with Crippen molar-refractivity contribution >= 4 is 17.7 Å². The standard InChI is InChI=1S/C14H18N2O5/c1-15(9-3-5-11(21-2)6-4-9)14(20)16-8-10(17)7-12(16)13(18)19/h3-6,10,12,17H,7-8H2,1-2H3,(H,18,19). The van der Waals surface area contributed by atoms with E-state index in [0.29, 0.717) is 11.4 Å². The van der Waals surface area contributed by atoms with Crippen molar-refractivity contribution in [2.75, 3.05) is 25.6 Å². The van der Waals surface area contributed by atoms with Crippen LogP contribution in [0.3, 0.4) is 0 Å². The van der Waals surface area contributed by atoms with Crippen LogP contribution in [0.1, 0.15) is 6.42 Å². The molecular formula is C14H18N2O5. The Labute approximate surface area is 122 Å². The molecule has 1 aromatic carbocycles. The normalized spacial score (nSPS) is 21.2. The molecule has 2 rings (SSSR count). The third-order valence-corrected chi connectivity index (χ3v) is 3.56. The number of anilines is 1. The summed E-state index contributed by atoms with van der Waals surface area (Å²) in [6.45, 7) is 0.0241. The molecule has 1 fully saturated rings. The average molecular weight is 294 g/mol. The highest BCUT2D eigenvalue weighted by Crippen LogP contribution is 2.23. The second-order valence-corrected chi connectivity index (χ2v) is 4.94. The van der Waals surface area contributed by atoms with Gasteiger partial charge in [-0.3, -0.25) is 4.90 Å². The molecule has 0 spiro atoms. The summed E-state index contributed by atoms with van der Waals surface area (Å²) in [4.78, 5) is 26.1. The van der Waals surface area contributed by atoms with Crippen molar-refractivity contribution < 1.29 is 24.5 Å². The number of aliphatic carboxylic acids is 1. The quantitative estimate of drug-likeness (QED) is 0.859. The lowest BCUT2D eigenvalue weighted by Crippen LogP contribution is -2.47. The zero-order valence-corrected chi connectivity index (χ0v) is 11.9. The van der Waals surface area contributed by atoms with Crippen LogP contribution in [0.25, 0.3) is 0 Å². The molecule has 1 heterocycles. The van der Waals surface area contributed by atoms with Crippen molar-refractivity contribution in [2.45, 2.75) is 18.6 Å². The summed E-state index contributed by atoms with van der Waals surface area (Å²) >= 11 is 0. The fraction of sp³-hybridized carbons (Fsp3) is 0.429. The fourth-order valence-corrected chi connectivity index (χ4v) is 2.37. The lowest BCUT2D eigenvalue weighted by molar-refractivity contribution is -0.141. The number of hydrogen-bond donors (Lipinski definition) is 2. The molecule has 0 aliphatic carbocycles. The average Bonchev–Trinajstić information content (AvgIpc) is 2.88. The van der Waals surface area contributed by atoms with Crippen LogP contribution in [0, 0.1) is 0 Å². The Hall–Kier alpha value is -2.28. The van der Waals surface area contributed by atoms with Gasteiger partial charge in [-0.1, -0.05) is 0 Å². The van der Waals surface area contributed by atoms with E-state index in [1.807, 2.05) is 0 Å². The second-order valence-electron chi connectivity index (χ2n) is 4.94. The van der Waals surface area contributed by atoms with Crippen LogP contribution in [-0.2, 0) is 4.79 Å². The van der Waals surface area contributed by atoms with Crippen molar-refractivity contribution in [3.05, 3.63) is 24.3 Å². The van der Waals surface area contributed by atoms with Crippen LogP contribution >= 0.6 is 0 Å². The van der Waals surface area contributed by atoms with E-state index < -0.39 is 24.1 Å². The van der Waals surface area contributed by atoms with E-state index in [0.717, 1.165) is 0 Å². The van der Waals surface area contributed by atoms with Crippen LogP contribution in [-0.4, -0.2) is 60.0 Å². The second kappa shape index (κ2) is 6.01. The van der Waals surface area contributed by atoms with E-state index in [1.165, 1.54) is 9.80 Å². The highest BCUT2D eigenvalue weighted by atomic mass is 16.5. The number of urea groups is 1. The molecule has 1 aromatic rings. The third kappa shape index (κ3) is 3.08. The SMILES string of the molecule is COc1ccc(N(C)C(=O)N2CC(O)CC2C(=O)O)cc1. The van der Waals surface area contributed by atoms with Crippen molar-refractivity contribution in [1.29, 1.82) is 0 Å². The lowest BCUT2D eigenvalue weighted by atomic mass is 10.2. The topological polar surface area (TPSA) is 90.3 Å². The van der Waals surface area contributed by atoms with Crippen molar-refractivity contribution in [3.63, 3.8) is 0 Å². The number of aliphatic hydroxyl groups excluding tert-OH is 1. The van der Waals surface area contributed by atoms with E-state index >= 15 is 0 Å². The predicted molar refractivity (Wildman–Crippen MR) is 75.5 cm³/mol. The maximum absolute atomic E-state index is 12.4. The monoisotopic (exact) mass is 294 g/mol. The smallest absolute Gasteiger partial charge is 0.326 e. The number of hydrogen-bond acceptors (Lipinski definition) is 4. The Morgan fingerprint density at radius 1 is 1.33 bits per heavy atom. The predicted octanol–water partition coefficient (Wildman–Crippen LogP) is 0.771. The first-order chi connectivity index (χ1) is 9.93. The van der Waals surface area contributed by atoms with Crippen LogP contribution in [0.4, 0.5) is 10.5 Å². The molecule has 0 aromatic heterocycles. The first-order valence-electron chi connectivity index (χ1n) is 6.53. The number of nitrogens with zero attached hydrogens (tertiary/aromatic N) is 2. The van der Waals surface area contributed by atoms with Crippen LogP contribution in [0.2, 0.25) is 0 Å². The first-order valence-corrected chi connectivity index (χ1v) is 6.53. The number of rotatable bonds is 3. The number of aliphatic hydroxyl groups is 1. The zero-order valence-electron chi connectivity index (χ0n) is 11.9. The largest absolute Gasteiger partial charge is 0.497 e. The first kappa shape index (κ1) is 15.1. The fourth-order valence-electron chi connectivity index (χ4n) is 2.37. The minimum absolute atomic E-state index is 0.0241. The number of carbonyl (C=O) groups excluding carboxylic acids is 1. The van der Waals surface area contributed by atoms with Crippen molar-refractivity contribution in [2.24, 2.45) is 0 Å². The van der Waals surface area contributed by atoms with Gasteiger partial charge in [0.25, 0.3) is 0 Å². The number of methoxy groups -OCH3 is 1. The van der Waals surface area contributed by atoms with Gasteiger partial charge < -0.3 is 19.8 Å². The van der Waals surface area contributed by atoms with E-state index in [9.17, 15) is 14.7 Å². The summed E-state index contributed by atoms with van der Waals surface area (Å²) in [6, 6.07) is 5.40. The van der Waals surface area contributed by atoms with Crippen LogP contribution in [0.15, 0.2) is 24.3 Å². The molecule has 21 heavy (non-hydrogen) atoms. The van der Waals surface area contributed by atoms with Gasteiger partial charge in [-0.25, -0.2) is 9.59 Å². The number of amides is 2. The minimum atomic E-state index is -1.11. The maximum Gasteiger partial charge on any atom is 0.326 e. The highest BCUT2D eigenvalue weighted by Gasteiger charge is 2.40. The van der Waals surface area contributed by atoms with Gasteiger partial charge in [-0.05, 0) is 24.3 Å². The Bertz CT molecular complexity index is 531. The van der Waals surface area contributed by atoms with Gasteiger partial charge in [0.05, 0.1) is 13.2 Å². The van der Waals surface area contributed by atoms with Gasteiger partial charge in [0.1, 0.15) is 11.8 Å². The molecule has 2 unspecified atom stereocenters. The van der Waals surface area contributed by atoms with Crippen molar-refractivity contribution in [1.82, 2.24) is 4.90 Å². The lowest BCUT2D eigenvalue weighted by Gasteiger charge is -2.27. The highest BCUT2D eigenvalue weighted by molar-refractivity contribution is 5.94. The summed E-state index contributed by atoms with van der Waals surface area (Å²) in [6.07, 6.45) is -0.753. The van der Waals surface area contributed by atoms with Gasteiger partial charge in [0.2, 0.25) is 0 Å². The van der Waals surface area contributed by atoms with E-state index in [4.69, 9.17) is 9.84 Å². The molecule has 2 amide bonds.